The average Bonchev–Trinajstić information content (AvgIpc) is 2.33. The molecule has 0 radical (unpaired) electrons. The topological polar surface area (TPSA) is 70.0 Å². The zero-order chi connectivity index (χ0) is 15.4. The van der Waals surface area contributed by atoms with E-state index in [1.54, 1.807) is 0 Å². The van der Waals surface area contributed by atoms with E-state index in [2.05, 4.69) is 4.72 Å². The molecule has 0 amide bonds. The van der Waals surface area contributed by atoms with Gasteiger partial charge in [0.05, 0.1) is 16.5 Å². The van der Waals surface area contributed by atoms with Gasteiger partial charge < -0.3 is 0 Å². The zero-order valence-electron chi connectivity index (χ0n) is 10.7. The standard InChI is InChI=1S/C12H13F3N2O2S/c1-9-7-10(8-16)3-4-11(9)20(18,19)17-6-2-5-12(13,14)15/h3-4,7,17H,2,5-6H2,1H3. The molecule has 0 aliphatic rings. The minimum Gasteiger partial charge on any atom is -0.211 e. The minimum absolute atomic E-state index is 0.0384. The van der Waals surface area contributed by atoms with Crippen molar-refractivity contribution in [2.24, 2.45) is 0 Å². The maximum Gasteiger partial charge on any atom is 0.389 e. The molecule has 110 valence electrons. The van der Waals surface area contributed by atoms with Crippen LogP contribution in [0.3, 0.4) is 0 Å². The highest BCUT2D eigenvalue weighted by Gasteiger charge is 2.26. The van der Waals surface area contributed by atoms with Gasteiger partial charge in [-0.25, -0.2) is 13.1 Å². The molecule has 1 N–H and O–H groups in total. The Labute approximate surface area is 115 Å². The Kier molecular flexibility index (Phi) is 5.14. The number of rotatable bonds is 5. The second kappa shape index (κ2) is 6.24. The van der Waals surface area contributed by atoms with Crippen molar-refractivity contribution in [3.8, 4) is 6.07 Å². The molecule has 1 rings (SSSR count). The van der Waals surface area contributed by atoms with Crippen LogP contribution in [-0.2, 0) is 10.0 Å². The van der Waals surface area contributed by atoms with Crippen molar-refractivity contribution >= 4 is 10.0 Å². The molecule has 0 bridgehead atoms. The number of alkyl halides is 3. The molecule has 0 spiro atoms. The summed E-state index contributed by atoms with van der Waals surface area (Å²) in [5, 5.41) is 8.68. The molecule has 0 heterocycles. The van der Waals surface area contributed by atoms with Crippen LogP contribution in [0.25, 0.3) is 0 Å². The lowest BCUT2D eigenvalue weighted by molar-refractivity contribution is -0.135. The van der Waals surface area contributed by atoms with Crippen molar-refractivity contribution < 1.29 is 21.6 Å². The predicted molar refractivity (Wildman–Crippen MR) is 66.4 cm³/mol. The van der Waals surface area contributed by atoms with Crippen molar-refractivity contribution in [3.63, 3.8) is 0 Å². The van der Waals surface area contributed by atoms with Gasteiger partial charge in [0.25, 0.3) is 0 Å². The summed E-state index contributed by atoms with van der Waals surface area (Å²) in [5.41, 5.74) is 0.686. The van der Waals surface area contributed by atoms with Crippen molar-refractivity contribution in [3.05, 3.63) is 29.3 Å². The average molecular weight is 306 g/mol. The maximum absolute atomic E-state index is 11.9. The van der Waals surface area contributed by atoms with E-state index >= 15 is 0 Å². The molecule has 0 fully saturated rings. The molecule has 0 aliphatic heterocycles. The lowest BCUT2D eigenvalue weighted by Gasteiger charge is -2.10. The summed E-state index contributed by atoms with van der Waals surface area (Å²) in [6.07, 6.45) is -5.66. The Bertz CT molecular complexity index is 619. The fraction of sp³-hybridized carbons (Fsp3) is 0.417. The summed E-state index contributed by atoms with van der Waals surface area (Å²) in [4.78, 5) is -0.0384. The Morgan fingerprint density at radius 2 is 2.00 bits per heavy atom. The van der Waals surface area contributed by atoms with Crippen LogP contribution in [-0.4, -0.2) is 21.1 Å². The van der Waals surface area contributed by atoms with Gasteiger partial charge in [0.15, 0.2) is 0 Å². The monoisotopic (exact) mass is 306 g/mol. The van der Waals surface area contributed by atoms with Crippen molar-refractivity contribution in [1.29, 1.82) is 5.26 Å². The van der Waals surface area contributed by atoms with Crippen LogP contribution >= 0.6 is 0 Å². The predicted octanol–water partition coefficient (Wildman–Crippen LogP) is 2.49. The number of nitriles is 1. The van der Waals surface area contributed by atoms with Crippen LogP contribution < -0.4 is 4.72 Å². The Hall–Kier alpha value is -1.59. The van der Waals surface area contributed by atoms with Crippen LogP contribution in [0.2, 0.25) is 0 Å². The van der Waals surface area contributed by atoms with Gasteiger partial charge in [-0.2, -0.15) is 18.4 Å². The first-order chi connectivity index (χ1) is 9.15. The summed E-state index contributed by atoms with van der Waals surface area (Å²) in [6.45, 7) is 1.23. The van der Waals surface area contributed by atoms with E-state index in [1.165, 1.54) is 25.1 Å². The molecule has 0 atom stereocenters. The first-order valence-electron chi connectivity index (χ1n) is 5.73. The van der Waals surface area contributed by atoms with Gasteiger partial charge in [-0.3, -0.25) is 0 Å². The molecule has 0 saturated carbocycles. The van der Waals surface area contributed by atoms with E-state index in [0.29, 0.717) is 11.1 Å². The second-order valence-corrected chi connectivity index (χ2v) is 5.94. The summed E-state index contributed by atoms with van der Waals surface area (Å²) in [5.74, 6) is 0. The van der Waals surface area contributed by atoms with Crippen LogP contribution in [0.4, 0.5) is 13.2 Å². The van der Waals surface area contributed by atoms with Crippen molar-refractivity contribution in [2.75, 3.05) is 6.54 Å². The molecule has 0 aliphatic carbocycles. The summed E-state index contributed by atoms with van der Waals surface area (Å²) in [6, 6.07) is 5.89. The van der Waals surface area contributed by atoms with Gasteiger partial charge in [-0.1, -0.05) is 0 Å². The molecular weight excluding hydrogens is 293 g/mol. The van der Waals surface area contributed by atoms with E-state index in [1.807, 2.05) is 6.07 Å². The zero-order valence-corrected chi connectivity index (χ0v) is 11.5. The molecule has 0 unspecified atom stereocenters. The molecule has 8 heteroatoms. The Balaban J connectivity index is 2.73. The smallest absolute Gasteiger partial charge is 0.211 e. The summed E-state index contributed by atoms with van der Waals surface area (Å²) >= 11 is 0. The maximum atomic E-state index is 11.9. The van der Waals surface area contributed by atoms with Crippen LogP contribution in [0.15, 0.2) is 23.1 Å². The lowest BCUT2D eigenvalue weighted by atomic mass is 10.2. The largest absolute Gasteiger partial charge is 0.389 e. The molecule has 20 heavy (non-hydrogen) atoms. The number of benzene rings is 1. The third kappa shape index (κ3) is 4.83. The summed E-state index contributed by atoms with van der Waals surface area (Å²) in [7, 11) is -3.86. The van der Waals surface area contributed by atoms with Gasteiger partial charge in [0.2, 0.25) is 10.0 Å². The molecule has 4 nitrogen and oxygen atoms in total. The van der Waals surface area contributed by atoms with Crippen molar-refractivity contribution in [1.82, 2.24) is 4.72 Å². The minimum atomic E-state index is -4.30. The van der Waals surface area contributed by atoms with Crippen LogP contribution in [0.5, 0.6) is 0 Å². The SMILES string of the molecule is Cc1cc(C#N)ccc1S(=O)(=O)NCCCC(F)(F)F. The Morgan fingerprint density at radius 3 is 2.50 bits per heavy atom. The fourth-order valence-electron chi connectivity index (χ4n) is 1.59. The van der Waals surface area contributed by atoms with E-state index in [4.69, 9.17) is 5.26 Å². The number of hydrogen-bond donors (Lipinski definition) is 1. The van der Waals surface area contributed by atoms with Gasteiger partial charge in [0.1, 0.15) is 0 Å². The number of hydrogen-bond acceptors (Lipinski definition) is 3. The van der Waals surface area contributed by atoms with Crippen LogP contribution in [0.1, 0.15) is 24.0 Å². The number of sulfonamides is 1. The Morgan fingerprint density at radius 1 is 1.35 bits per heavy atom. The molecule has 0 aromatic heterocycles. The highest BCUT2D eigenvalue weighted by atomic mass is 32.2. The van der Waals surface area contributed by atoms with E-state index < -0.39 is 22.6 Å². The van der Waals surface area contributed by atoms with E-state index in [9.17, 15) is 21.6 Å². The van der Waals surface area contributed by atoms with Gasteiger partial charge in [-0.05, 0) is 37.1 Å². The van der Waals surface area contributed by atoms with Crippen LogP contribution in [0, 0.1) is 18.3 Å². The molecule has 1 aromatic rings. The second-order valence-electron chi connectivity index (χ2n) is 4.21. The van der Waals surface area contributed by atoms with Gasteiger partial charge >= 0.3 is 6.18 Å². The normalized spacial score (nSPS) is 12.2. The molecule has 0 saturated heterocycles. The number of halogens is 3. The number of nitrogens with zero attached hydrogens (tertiary/aromatic N) is 1. The van der Waals surface area contributed by atoms with Gasteiger partial charge in [0, 0.05) is 13.0 Å². The summed E-state index contributed by atoms with van der Waals surface area (Å²) < 4.78 is 61.7. The van der Waals surface area contributed by atoms with E-state index in [0.717, 1.165) is 0 Å². The number of nitrogens with one attached hydrogen (secondary N) is 1. The third-order valence-corrected chi connectivity index (χ3v) is 4.14. The van der Waals surface area contributed by atoms with E-state index in [-0.39, 0.29) is 17.9 Å². The quantitative estimate of drug-likeness (QED) is 0.850. The lowest BCUT2D eigenvalue weighted by Crippen LogP contribution is -2.26. The first-order valence-corrected chi connectivity index (χ1v) is 7.21. The highest BCUT2D eigenvalue weighted by Crippen LogP contribution is 2.21. The highest BCUT2D eigenvalue weighted by molar-refractivity contribution is 7.89. The van der Waals surface area contributed by atoms with Gasteiger partial charge in [-0.15, -0.1) is 0 Å². The molecular formula is C12H13F3N2O2S. The first kappa shape index (κ1) is 16.5. The molecule has 1 aromatic carbocycles. The third-order valence-electron chi connectivity index (χ3n) is 2.52. The number of aryl methyl sites for hydroxylation is 1. The van der Waals surface area contributed by atoms with Crippen molar-refractivity contribution in [2.45, 2.75) is 30.8 Å². The fourth-order valence-corrected chi connectivity index (χ4v) is 2.89.